The van der Waals surface area contributed by atoms with E-state index in [0.29, 0.717) is 5.88 Å². The maximum absolute atomic E-state index is 8.97. The van der Waals surface area contributed by atoms with Crippen molar-refractivity contribution < 1.29 is 9.84 Å². The highest BCUT2D eigenvalue weighted by Crippen LogP contribution is 2.20. The SMILES string of the molecule is Cc1nnc2cc(CN3CCNCC3)cc(OCCO)n12. The summed E-state index contributed by atoms with van der Waals surface area (Å²) >= 11 is 0. The lowest BCUT2D eigenvalue weighted by atomic mass is 10.2. The summed E-state index contributed by atoms with van der Waals surface area (Å²) in [6.07, 6.45) is 0. The molecule has 21 heavy (non-hydrogen) atoms. The van der Waals surface area contributed by atoms with E-state index in [4.69, 9.17) is 9.84 Å². The number of rotatable bonds is 5. The first-order valence-electron chi connectivity index (χ1n) is 7.29. The van der Waals surface area contributed by atoms with E-state index >= 15 is 0 Å². The second-order valence-corrected chi connectivity index (χ2v) is 5.24. The van der Waals surface area contributed by atoms with Crippen molar-refractivity contribution in [1.29, 1.82) is 0 Å². The van der Waals surface area contributed by atoms with Crippen LogP contribution in [0, 0.1) is 6.92 Å². The largest absolute Gasteiger partial charge is 0.476 e. The van der Waals surface area contributed by atoms with Crippen LogP contribution < -0.4 is 10.1 Å². The number of nitrogens with one attached hydrogen (secondary N) is 1. The lowest BCUT2D eigenvalue weighted by Gasteiger charge is -2.27. The first-order chi connectivity index (χ1) is 10.3. The van der Waals surface area contributed by atoms with Gasteiger partial charge in [0.05, 0.1) is 6.61 Å². The zero-order valence-electron chi connectivity index (χ0n) is 12.2. The topological polar surface area (TPSA) is 74.9 Å². The standard InChI is InChI=1S/C14H21N5O2/c1-11-16-17-13-8-12(10-18-4-2-15-3-5-18)9-14(19(11)13)21-7-6-20/h8-9,15,20H,2-7,10H2,1H3. The molecule has 0 radical (unpaired) electrons. The summed E-state index contributed by atoms with van der Waals surface area (Å²) < 4.78 is 7.51. The number of aromatic nitrogens is 3. The average Bonchev–Trinajstić information content (AvgIpc) is 2.87. The predicted molar refractivity (Wildman–Crippen MR) is 78.5 cm³/mol. The molecule has 1 aliphatic rings. The molecule has 0 aliphatic carbocycles. The summed E-state index contributed by atoms with van der Waals surface area (Å²) in [5.74, 6) is 1.47. The van der Waals surface area contributed by atoms with Crippen LogP contribution in [0.4, 0.5) is 0 Å². The highest BCUT2D eigenvalue weighted by molar-refractivity contribution is 5.46. The van der Waals surface area contributed by atoms with Crippen molar-refractivity contribution in [3.8, 4) is 5.88 Å². The molecule has 0 saturated carbocycles. The van der Waals surface area contributed by atoms with Crippen molar-refractivity contribution in [3.05, 3.63) is 23.5 Å². The maximum atomic E-state index is 8.97. The third-order valence-corrected chi connectivity index (χ3v) is 3.65. The third-order valence-electron chi connectivity index (χ3n) is 3.65. The van der Waals surface area contributed by atoms with Crippen LogP contribution in [0.1, 0.15) is 11.4 Å². The Morgan fingerprint density at radius 2 is 2.10 bits per heavy atom. The van der Waals surface area contributed by atoms with Crippen molar-refractivity contribution in [1.82, 2.24) is 24.8 Å². The van der Waals surface area contributed by atoms with Gasteiger partial charge in [0, 0.05) is 38.8 Å². The summed E-state index contributed by atoms with van der Waals surface area (Å²) in [6.45, 7) is 7.17. The van der Waals surface area contributed by atoms with Gasteiger partial charge in [-0.3, -0.25) is 4.90 Å². The Balaban J connectivity index is 1.88. The van der Waals surface area contributed by atoms with Crippen LogP contribution in [0.3, 0.4) is 0 Å². The molecular weight excluding hydrogens is 270 g/mol. The number of pyridine rings is 1. The fourth-order valence-corrected chi connectivity index (χ4v) is 2.65. The van der Waals surface area contributed by atoms with Gasteiger partial charge in [0.25, 0.3) is 0 Å². The Bertz CT molecular complexity index is 607. The number of piperazine rings is 1. The van der Waals surface area contributed by atoms with E-state index in [1.54, 1.807) is 0 Å². The maximum Gasteiger partial charge on any atom is 0.201 e. The number of hydrogen-bond donors (Lipinski definition) is 2. The first-order valence-corrected chi connectivity index (χ1v) is 7.29. The van der Waals surface area contributed by atoms with Crippen molar-refractivity contribution in [2.75, 3.05) is 39.4 Å². The summed E-state index contributed by atoms with van der Waals surface area (Å²) in [6, 6.07) is 4.06. The molecule has 7 nitrogen and oxygen atoms in total. The highest BCUT2D eigenvalue weighted by atomic mass is 16.5. The first kappa shape index (κ1) is 14.2. The molecule has 2 aromatic heterocycles. The van der Waals surface area contributed by atoms with Gasteiger partial charge in [0.15, 0.2) is 5.65 Å². The molecule has 1 aliphatic heterocycles. The van der Waals surface area contributed by atoms with Gasteiger partial charge < -0.3 is 15.2 Å². The van der Waals surface area contributed by atoms with Gasteiger partial charge in [-0.15, -0.1) is 10.2 Å². The second kappa shape index (κ2) is 6.38. The monoisotopic (exact) mass is 291 g/mol. The van der Waals surface area contributed by atoms with Crippen LogP contribution in [-0.2, 0) is 6.54 Å². The third kappa shape index (κ3) is 3.15. The van der Waals surface area contributed by atoms with E-state index in [1.807, 2.05) is 23.5 Å². The van der Waals surface area contributed by atoms with E-state index < -0.39 is 0 Å². The molecule has 114 valence electrons. The summed E-state index contributed by atoms with van der Waals surface area (Å²) in [4.78, 5) is 2.40. The van der Waals surface area contributed by atoms with Crippen molar-refractivity contribution in [2.24, 2.45) is 0 Å². The molecule has 2 N–H and O–H groups in total. The van der Waals surface area contributed by atoms with Gasteiger partial charge in [-0.1, -0.05) is 0 Å². The molecule has 1 saturated heterocycles. The summed E-state index contributed by atoms with van der Waals surface area (Å²) in [7, 11) is 0. The number of aryl methyl sites for hydroxylation is 1. The van der Waals surface area contributed by atoms with Crippen LogP contribution in [0.15, 0.2) is 12.1 Å². The Kier molecular flexibility index (Phi) is 4.33. The highest BCUT2D eigenvalue weighted by Gasteiger charge is 2.14. The molecule has 0 amide bonds. The minimum Gasteiger partial charge on any atom is -0.476 e. The van der Waals surface area contributed by atoms with Gasteiger partial charge in [0.2, 0.25) is 5.88 Å². The van der Waals surface area contributed by atoms with E-state index in [2.05, 4.69) is 20.4 Å². The molecule has 3 heterocycles. The number of aliphatic hydroxyl groups is 1. The van der Waals surface area contributed by atoms with Crippen LogP contribution in [0.2, 0.25) is 0 Å². The minimum absolute atomic E-state index is 0.00924. The molecule has 2 aromatic rings. The lowest BCUT2D eigenvalue weighted by molar-refractivity contribution is 0.194. The fourth-order valence-electron chi connectivity index (χ4n) is 2.65. The zero-order chi connectivity index (χ0) is 14.7. The van der Waals surface area contributed by atoms with Crippen LogP contribution >= 0.6 is 0 Å². The molecule has 0 bridgehead atoms. The molecule has 1 fully saturated rings. The summed E-state index contributed by atoms with van der Waals surface area (Å²) in [5.41, 5.74) is 1.94. The molecule has 0 aromatic carbocycles. The molecule has 3 rings (SSSR count). The van der Waals surface area contributed by atoms with Crippen LogP contribution in [-0.4, -0.2) is 64.0 Å². The predicted octanol–water partition coefficient (Wildman–Crippen LogP) is -0.186. The number of hydrogen-bond acceptors (Lipinski definition) is 6. The smallest absolute Gasteiger partial charge is 0.201 e. The van der Waals surface area contributed by atoms with E-state index in [0.717, 1.165) is 49.8 Å². The quantitative estimate of drug-likeness (QED) is 0.795. The molecule has 0 spiro atoms. The lowest BCUT2D eigenvalue weighted by Crippen LogP contribution is -2.42. The van der Waals surface area contributed by atoms with Crippen LogP contribution in [0.5, 0.6) is 5.88 Å². The molecule has 0 atom stereocenters. The fraction of sp³-hybridized carbons (Fsp3) is 0.571. The van der Waals surface area contributed by atoms with Crippen molar-refractivity contribution >= 4 is 5.65 Å². The average molecular weight is 291 g/mol. The van der Waals surface area contributed by atoms with Gasteiger partial charge in [0.1, 0.15) is 12.4 Å². The number of nitrogens with zero attached hydrogens (tertiary/aromatic N) is 4. The molecule has 0 unspecified atom stereocenters. The Labute approximate surface area is 123 Å². The Morgan fingerprint density at radius 1 is 1.29 bits per heavy atom. The van der Waals surface area contributed by atoms with Crippen molar-refractivity contribution in [3.63, 3.8) is 0 Å². The molecule has 7 heteroatoms. The van der Waals surface area contributed by atoms with Gasteiger partial charge in [-0.25, -0.2) is 4.40 Å². The molecular formula is C14H21N5O2. The number of aliphatic hydroxyl groups excluding tert-OH is 1. The Morgan fingerprint density at radius 3 is 2.86 bits per heavy atom. The summed E-state index contributed by atoms with van der Waals surface area (Å²) in [5, 5.41) is 20.6. The van der Waals surface area contributed by atoms with Gasteiger partial charge in [-0.2, -0.15) is 0 Å². The second-order valence-electron chi connectivity index (χ2n) is 5.24. The normalized spacial score (nSPS) is 16.5. The minimum atomic E-state index is -0.00924. The van der Waals surface area contributed by atoms with E-state index in [-0.39, 0.29) is 13.2 Å². The van der Waals surface area contributed by atoms with Gasteiger partial charge in [-0.05, 0) is 18.6 Å². The van der Waals surface area contributed by atoms with E-state index in [1.165, 1.54) is 0 Å². The number of fused-ring (bicyclic) bond motifs is 1. The zero-order valence-corrected chi connectivity index (χ0v) is 12.2. The van der Waals surface area contributed by atoms with Crippen molar-refractivity contribution in [2.45, 2.75) is 13.5 Å². The van der Waals surface area contributed by atoms with Crippen LogP contribution in [0.25, 0.3) is 5.65 Å². The van der Waals surface area contributed by atoms with Gasteiger partial charge >= 0.3 is 0 Å². The number of ether oxygens (including phenoxy) is 1. The Hall–Kier alpha value is -1.70. The van der Waals surface area contributed by atoms with E-state index in [9.17, 15) is 0 Å².